The highest BCUT2D eigenvalue weighted by molar-refractivity contribution is 5.92. The molecule has 172 valence electrons. The second kappa shape index (κ2) is 8.20. The van der Waals surface area contributed by atoms with Gasteiger partial charge in [0.1, 0.15) is 5.82 Å². The average Bonchev–Trinajstić information content (AvgIpc) is 3.46. The highest BCUT2D eigenvalue weighted by Gasteiger charge is 2.27. The molecule has 0 atom stereocenters. The number of aromatic nitrogens is 6. The highest BCUT2D eigenvalue weighted by Crippen LogP contribution is 2.28. The molecule has 1 fully saturated rings. The van der Waals surface area contributed by atoms with Gasteiger partial charge in [-0.05, 0) is 62.9 Å². The van der Waals surface area contributed by atoms with Crippen LogP contribution in [0.2, 0.25) is 0 Å². The molecule has 0 bridgehead atoms. The van der Waals surface area contributed by atoms with E-state index in [1.807, 2.05) is 58.9 Å². The number of carbonyl (C=O) groups excluding carboxylic acids is 1. The first-order valence-electron chi connectivity index (χ1n) is 11.9. The lowest BCUT2D eigenvalue weighted by atomic mass is 9.95. The molecule has 4 aromatic heterocycles. The van der Waals surface area contributed by atoms with Gasteiger partial charge in [-0.15, -0.1) is 10.2 Å². The molecule has 1 saturated heterocycles. The van der Waals surface area contributed by atoms with Gasteiger partial charge in [-0.3, -0.25) is 9.20 Å². The lowest BCUT2D eigenvalue weighted by molar-refractivity contribution is -0.132. The van der Waals surface area contributed by atoms with Gasteiger partial charge in [0.2, 0.25) is 5.91 Å². The summed E-state index contributed by atoms with van der Waals surface area (Å²) in [6.07, 6.45) is 4.98. The molecule has 0 radical (unpaired) electrons. The number of benzene rings is 1. The zero-order valence-corrected chi connectivity index (χ0v) is 19.5. The van der Waals surface area contributed by atoms with Crippen LogP contribution in [0.4, 0.5) is 0 Å². The van der Waals surface area contributed by atoms with Gasteiger partial charge in [0.05, 0.1) is 5.52 Å². The van der Waals surface area contributed by atoms with Crippen molar-refractivity contribution >= 4 is 28.1 Å². The van der Waals surface area contributed by atoms with Crippen molar-refractivity contribution in [3.05, 3.63) is 71.4 Å². The van der Waals surface area contributed by atoms with Crippen molar-refractivity contribution in [2.45, 2.75) is 45.4 Å². The van der Waals surface area contributed by atoms with Crippen LogP contribution in [0.5, 0.6) is 0 Å². The molecule has 1 aliphatic heterocycles. The number of amides is 1. The SMILES string of the molecule is Cc1nc2c3ccccc3nn2c(C)c1CCC(=O)N1CCC(c2nnc3ccccn23)CC1. The standard InChI is InChI=1S/C26H27N7O/c1-17-20(18(2)33-26(27-17)21-7-3-4-8-22(21)30-33)10-11-24(34)31-15-12-19(13-16-31)25-29-28-23-9-5-6-14-32(23)25/h3-9,14,19H,10-13,15-16H2,1-2H3. The van der Waals surface area contributed by atoms with Gasteiger partial charge in [0, 0.05) is 48.4 Å². The maximum Gasteiger partial charge on any atom is 0.222 e. The lowest BCUT2D eigenvalue weighted by Crippen LogP contribution is -2.38. The molecule has 8 nitrogen and oxygen atoms in total. The lowest BCUT2D eigenvalue weighted by Gasteiger charge is -2.31. The Bertz CT molecular complexity index is 1520. The van der Waals surface area contributed by atoms with Gasteiger partial charge < -0.3 is 4.90 Å². The summed E-state index contributed by atoms with van der Waals surface area (Å²) < 4.78 is 3.99. The maximum atomic E-state index is 13.1. The molecular weight excluding hydrogens is 426 g/mol. The quantitative estimate of drug-likeness (QED) is 0.413. The van der Waals surface area contributed by atoms with Crippen molar-refractivity contribution in [3.8, 4) is 0 Å². The Labute approximate surface area is 197 Å². The van der Waals surface area contributed by atoms with Crippen LogP contribution in [0.25, 0.3) is 22.2 Å². The fraction of sp³-hybridized carbons (Fsp3) is 0.346. The van der Waals surface area contributed by atoms with Gasteiger partial charge in [0.25, 0.3) is 0 Å². The van der Waals surface area contributed by atoms with Crippen LogP contribution >= 0.6 is 0 Å². The number of pyridine rings is 1. The first-order valence-corrected chi connectivity index (χ1v) is 11.9. The highest BCUT2D eigenvalue weighted by atomic mass is 16.2. The summed E-state index contributed by atoms with van der Waals surface area (Å²) in [4.78, 5) is 19.9. The second-order valence-corrected chi connectivity index (χ2v) is 9.16. The molecule has 0 saturated carbocycles. The third kappa shape index (κ3) is 3.41. The summed E-state index contributed by atoms with van der Waals surface area (Å²) in [5.74, 6) is 1.53. The summed E-state index contributed by atoms with van der Waals surface area (Å²) in [5.41, 5.74) is 5.83. The number of rotatable bonds is 4. The Balaban J connectivity index is 1.14. The van der Waals surface area contributed by atoms with E-state index in [1.54, 1.807) is 0 Å². The minimum absolute atomic E-state index is 0.203. The van der Waals surface area contributed by atoms with E-state index < -0.39 is 0 Å². The van der Waals surface area contributed by atoms with Crippen molar-refractivity contribution in [3.63, 3.8) is 0 Å². The number of aryl methyl sites for hydroxylation is 2. The number of hydrogen-bond donors (Lipinski definition) is 0. The minimum Gasteiger partial charge on any atom is -0.343 e. The molecule has 0 unspecified atom stereocenters. The molecule has 1 aromatic carbocycles. The third-order valence-corrected chi connectivity index (χ3v) is 7.16. The van der Waals surface area contributed by atoms with Crippen molar-refractivity contribution in [1.82, 2.24) is 34.1 Å². The smallest absolute Gasteiger partial charge is 0.222 e. The predicted octanol–water partition coefficient (Wildman–Crippen LogP) is 3.88. The van der Waals surface area contributed by atoms with E-state index >= 15 is 0 Å². The Hall–Kier alpha value is -3.81. The minimum atomic E-state index is 0.203. The Morgan fingerprint density at radius 1 is 1.03 bits per heavy atom. The average molecular weight is 454 g/mol. The first kappa shape index (κ1) is 20.8. The van der Waals surface area contributed by atoms with Gasteiger partial charge >= 0.3 is 0 Å². The third-order valence-electron chi connectivity index (χ3n) is 7.16. The molecule has 5 aromatic rings. The topological polar surface area (TPSA) is 80.7 Å². The molecule has 0 aliphatic carbocycles. The van der Waals surface area contributed by atoms with Gasteiger partial charge in [-0.25, -0.2) is 9.50 Å². The fourth-order valence-corrected chi connectivity index (χ4v) is 5.25. The number of fused-ring (bicyclic) bond motifs is 4. The van der Waals surface area contributed by atoms with E-state index in [-0.39, 0.29) is 5.91 Å². The summed E-state index contributed by atoms with van der Waals surface area (Å²) in [6, 6.07) is 14.0. The van der Waals surface area contributed by atoms with Crippen molar-refractivity contribution in [1.29, 1.82) is 0 Å². The molecule has 0 N–H and O–H groups in total. The van der Waals surface area contributed by atoms with E-state index in [0.29, 0.717) is 18.8 Å². The maximum absolute atomic E-state index is 13.1. The van der Waals surface area contributed by atoms with E-state index in [0.717, 1.165) is 70.9 Å². The van der Waals surface area contributed by atoms with Crippen LogP contribution < -0.4 is 0 Å². The Morgan fingerprint density at radius 3 is 2.68 bits per heavy atom. The normalized spacial score (nSPS) is 15.1. The van der Waals surface area contributed by atoms with E-state index in [4.69, 9.17) is 10.1 Å². The number of hydrogen-bond acceptors (Lipinski definition) is 5. The van der Waals surface area contributed by atoms with Crippen LogP contribution in [0, 0.1) is 13.8 Å². The first-order chi connectivity index (χ1) is 16.6. The van der Waals surface area contributed by atoms with Crippen LogP contribution in [-0.2, 0) is 11.2 Å². The van der Waals surface area contributed by atoms with E-state index in [2.05, 4.69) is 27.6 Å². The van der Waals surface area contributed by atoms with Crippen LogP contribution in [0.15, 0.2) is 48.7 Å². The van der Waals surface area contributed by atoms with Gasteiger partial charge in [-0.1, -0.05) is 18.2 Å². The fourth-order valence-electron chi connectivity index (χ4n) is 5.25. The Morgan fingerprint density at radius 2 is 1.82 bits per heavy atom. The summed E-state index contributed by atoms with van der Waals surface area (Å²) in [6.45, 7) is 5.61. The number of piperidine rings is 1. The molecule has 1 amide bonds. The largest absolute Gasteiger partial charge is 0.343 e. The summed E-state index contributed by atoms with van der Waals surface area (Å²) in [7, 11) is 0. The number of carbonyl (C=O) groups is 1. The Kier molecular flexibility index (Phi) is 5.01. The molecular formula is C26H27N7O. The zero-order valence-electron chi connectivity index (χ0n) is 19.5. The number of nitrogens with zero attached hydrogens (tertiary/aromatic N) is 7. The van der Waals surface area contributed by atoms with Gasteiger partial charge in [-0.2, -0.15) is 5.10 Å². The van der Waals surface area contributed by atoms with Crippen molar-refractivity contribution < 1.29 is 4.79 Å². The molecule has 8 heteroatoms. The molecule has 34 heavy (non-hydrogen) atoms. The molecule has 1 aliphatic rings. The second-order valence-electron chi connectivity index (χ2n) is 9.16. The van der Waals surface area contributed by atoms with Crippen molar-refractivity contribution in [2.75, 3.05) is 13.1 Å². The summed E-state index contributed by atoms with van der Waals surface area (Å²) in [5, 5.41) is 14.5. The monoisotopic (exact) mass is 453 g/mol. The van der Waals surface area contributed by atoms with E-state index in [9.17, 15) is 4.79 Å². The zero-order chi connectivity index (χ0) is 23.2. The summed E-state index contributed by atoms with van der Waals surface area (Å²) >= 11 is 0. The molecule has 6 rings (SSSR count). The van der Waals surface area contributed by atoms with Crippen LogP contribution in [0.3, 0.4) is 0 Å². The number of likely N-dealkylation sites (tertiary alicyclic amines) is 1. The van der Waals surface area contributed by atoms with Crippen LogP contribution in [-0.4, -0.2) is 53.1 Å². The van der Waals surface area contributed by atoms with Crippen molar-refractivity contribution in [2.24, 2.45) is 0 Å². The molecule has 5 heterocycles. The van der Waals surface area contributed by atoms with E-state index in [1.165, 1.54) is 0 Å². The molecule has 0 spiro atoms. The predicted molar refractivity (Wildman–Crippen MR) is 130 cm³/mol. The van der Waals surface area contributed by atoms with Crippen LogP contribution in [0.1, 0.15) is 48.0 Å². The van der Waals surface area contributed by atoms with Gasteiger partial charge in [0.15, 0.2) is 11.3 Å².